The lowest BCUT2D eigenvalue weighted by atomic mass is 9.84. The molecule has 26 heavy (non-hydrogen) atoms. The molecule has 0 heterocycles. The minimum absolute atomic E-state index is 0.0982. The van der Waals surface area contributed by atoms with Crippen molar-refractivity contribution in [3.63, 3.8) is 0 Å². The number of hydrogen-bond acceptors (Lipinski definition) is 2. The van der Waals surface area contributed by atoms with E-state index in [1.807, 2.05) is 36.4 Å². The average molecular weight is 389 g/mol. The van der Waals surface area contributed by atoms with Crippen molar-refractivity contribution in [1.82, 2.24) is 0 Å². The summed E-state index contributed by atoms with van der Waals surface area (Å²) < 4.78 is 0. The number of carbonyl (C=O) groups excluding carboxylic acids is 2. The molecule has 4 heteroatoms. The molecule has 0 spiro atoms. The molecule has 0 bridgehead atoms. The molecule has 0 N–H and O–H groups in total. The largest absolute Gasteiger partial charge is 0.303 e. The van der Waals surface area contributed by atoms with E-state index in [9.17, 15) is 9.59 Å². The molecule has 2 atom stereocenters. The van der Waals surface area contributed by atoms with Crippen LogP contribution in [0.25, 0.3) is 0 Å². The van der Waals surface area contributed by atoms with E-state index in [4.69, 9.17) is 23.2 Å². The Bertz CT molecular complexity index is 733. The van der Waals surface area contributed by atoms with Crippen molar-refractivity contribution in [2.45, 2.75) is 50.4 Å². The molecule has 136 valence electrons. The van der Waals surface area contributed by atoms with Crippen molar-refractivity contribution < 1.29 is 9.59 Å². The molecule has 0 fully saturated rings. The monoisotopic (exact) mass is 388 g/mol. The molecule has 2 aromatic carbocycles. The fourth-order valence-corrected chi connectivity index (χ4v) is 4.31. The third kappa shape index (κ3) is 4.36. The van der Waals surface area contributed by atoms with Gasteiger partial charge in [-0.05, 0) is 85.0 Å². The number of carbonyl (C=O) groups is 2. The van der Waals surface area contributed by atoms with Gasteiger partial charge in [-0.15, -0.1) is 0 Å². The molecule has 4 rings (SSSR count). The lowest BCUT2D eigenvalue weighted by Crippen LogP contribution is -2.10. The third-order valence-corrected chi connectivity index (χ3v) is 5.73. The Morgan fingerprint density at radius 1 is 0.731 bits per heavy atom. The zero-order valence-corrected chi connectivity index (χ0v) is 16.1. The van der Waals surface area contributed by atoms with Crippen LogP contribution in [0.1, 0.15) is 59.8 Å². The van der Waals surface area contributed by atoms with Crippen LogP contribution in [-0.4, -0.2) is 12.6 Å². The maximum Gasteiger partial charge on any atom is 0.127 e. The number of rotatable bonds is 2. The van der Waals surface area contributed by atoms with E-state index >= 15 is 0 Å². The van der Waals surface area contributed by atoms with Crippen LogP contribution in [-0.2, 0) is 22.4 Å². The van der Waals surface area contributed by atoms with Crippen molar-refractivity contribution in [2.24, 2.45) is 0 Å². The van der Waals surface area contributed by atoms with Crippen LogP contribution >= 0.6 is 23.2 Å². The minimum atomic E-state index is 0.0982. The first-order chi connectivity index (χ1) is 12.6. The lowest BCUT2D eigenvalue weighted by Gasteiger charge is -2.20. The number of halogens is 2. The third-order valence-electron chi connectivity index (χ3n) is 5.26. The molecule has 2 aromatic rings. The SMILES string of the molecule is O=C[C@@H]1CCCc2cc(Cl)ccc21.O=C[C@H]1CCCc2cc(Cl)ccc21. The number of benzene rings is 2. The standard InChI is InChI=1S/2C11H11ClO/c2*12-10-4-5-11-8(6-10)2-1-3-9(11)7-13/h2*4-7,9H,1-3H2/t2*9-/m10/s1. The quantitative estimate of drug-likeness (QED) is 0.598. The molecule has 2 aliphatic carbocycles. The number of hydrogen-bond donors (Lipinski definition) is 0. The summed E-state index contributed by atoms with van der Waals surface area (Å²) in [7, 11) is 0. The van der Waals surface area contributed by atoms with Gasteiger partial charge in [0.15, 0.2) is 0 Å². The van der Waals surface area contributed by atoms with Gasteiger partial charge in [0.05, 0.1) is 0 Å². The molecule has 0 aliphatic heterocycles. The van der Waals surface area contributed by atoms with Crippen LogP contribution in [0.15, 0.2) is 36.4 Å². The summed E-state index contributed by atoms with van der Waals surface area (Å²) in [4.78, 5) is 21.5. The van der Waals surface area contributed by atoms with Gasteiger partial charge in [-0.1, -0.05) is 35.3 Å². The highest BCUT2D eigenvalue weighted by Crippen LogP contribution is 2.32. The molecule has 2 nitrogen and oxygen atoms in total. The molecular formula is C22H22Cl2O2. The predicted molar refractivity (Wildman–Crippen MR) is 106 cm³/mol. The summed E-state index contributed by atoms with van der Waals surface area (Å²) in [6.07, 6.45) is 8.36. The summed E-state index contributed by atoms with van der Waals surface area (Å²) in [6, 6.07) is 11.6. The Kier molecular flexibility index (Phi) is 6.50. The van der Waals surface area contributed by atoms with E-state index in [-0.39, 0.29) is 11.8 Å². The van der Waals surface area contributed by atoms with Gasteiger partial charge in [-0.2, -0.15) is 0 Å². The maximum absolute atomic E-state index is 10.8. The van der Waals surface area contributed by atoms with Gasteiger partial charge in [-0.25, -0.2) is 0 Å². The van der Waals surface area contributed by atoms with Gasteiger partial charge in [0.1, 0.15) is 12.6 Å². The van der Waals surface area contributed by atoms with Crippen LogP contribution in [0.4, 0.5) is 0 Å². The van der Waals surface area contributed by atoms with Crippen molar-refractivity contribution in [2.75, 3.05) is 0 Å². The van der Waals surface area contributed by atoms with E-state index < -0.39 is 0 Å². The van der Waals surface area contributed by atoms with Crippen LogP contribution < -0.4 is 0 Å². The number of aryl methyl sites for hydroxylation is 2. The van der Waals surface area contributed by atoms with Gasteiger partial charge < -0.3 is 9.59 Å². The Hall–Kier alpha value is -1.64. The van der Waals surface area contributed by atoms with Crippen molar-refractivity contribution in [3.05, 3.63) is 68.7 Å². The Labute approximate surface area is 164 Å². The van der Waals surface area contributed by atoms with E-state index in [1.165, 1.54) is 22.3 Å². The second-order valence-electron chi connectivity index (χ2n) is 6.96. The van der Waals surface area contributed by atoms with Crippen molar-refractivity contribution in [3.8, 4) is 0 Å². The van der Waals surface area contributed by atoms with Crippen LogP contribution in [0.5, 0.6) is 0 Å². The van der Waals surface area contributed by atoms with E-state index in [2.05, 4.69) is 0 Å². The molecule has 0 saturated carbocycles. The van der Waals surface area contributed by atoms with Gasteiger partial charge in [0.2, 0.25) is 0 Å². The zero-order chi connectivity index (χ0) is 18.5. The smallest absolute Gasteiger partial charge is 0.127 e. The molecule has 0 radical (unpaired) electrons. The maximum atomic E-state index is 10.8. The highest BCUT2D eigenvalue weighted by molar-refractivity contribution is 6.31. The molecule has 0 saturated heterocycles. The molecular weight excluding hydrogens is 367 g/mol. The van der Waals surface area contributed by atoms with E-state index in [0.717, 1.165) is 61.1 Å². The molecule has 0 aromatic heterocycles. The zero-order valence-electron chi connectivity index (χ0n) is 14.6. The first-order valence-corrected chi connectivity index (χ1v) is 9.85. The average Bonchev–Trinajstić information content (AvgIpc) is 2.67. The highest BCUT2D eigenvalue weighted by atomic mass is 35.5. The first kappa shape index (κ1) is 19.1. The molecule has 0 amide bonds. The fraction of sp³-hybridized carbons (Fsp3) is 0.364. The van der Waals surface area contributed by atoms with Crippen LogP contribution in [0.3, 0.4) is 0 Å². The van der Waals surface area contributed by atoms with E-state index in [1.54, 1.807) is 0 Å². The number of aldehydes is 2. The summed E-state index contributed by atoms with van der Waals surface area (Å²) >= 11 is 11.8. The number of fused-ring (bicyclic) bond motifs is 2. The second-order valence-corrected chi connectivity index (χ2v) is 7.83. The predicted octanol–water partition coefficient (Wildman–Crippen LogP) is 5.92. The minimum Gasteiger partial charge on any atom is -0.303 e. The summed E-state index contributed by atoms with van der Waals surface area (Å²) in [5, 5.41) is 1.54. The van der Waals surface area contributed by atoms with Gasteiger partial charge in [0.25, 0.3) is 0 Å². The van der Waals surface area contributed by atoms with Gasteiger partial charge in [-0.3, -0.25) is 0 Å². The Morgan fingerprint density at radius 3 is 1.54 bits per heavy atom. The van der Waals surface area contributed by atoms with Crippen molar-refractivity contribution in [1.29, 1.82) is 0 Å². The lowest BCUT2D eigenvalue weighted by molar-refractivity contribution is -0.110. The normalized spacial score (nSPS) is 20.8. The summed E-state index contributed by atoms with van der Waals surface area (Å²) in [5.74, 6) is 0.196. The van der Waals surface area contributed by atoms with Gasteiger partial charge in [0, 0.05) is 21.9 Å². The Morgan fingerprint density at radius 2 is 1.15 bits per heavy atom. The van der Waals surface area contributed by atoms with Crippen LogP contribution in [0, 0.1) is 0 Å². The van der Waals surface area contributed by atoms with Crippen molar-refractivity contribution >= 4 is 35.8 Å². The van der Waals surface area contributed by atoms with Gasteiger partial charge >= 0.3 is 0 Å². The Balaban J connectivity index is 0.000000151. The van der Waals surface area contributed by atoms with Crippen LogP contribution in [0.2, 0.25) is 10.0 Å². The molecule has 2 aliphatic rings. The topological polar surface area (TPSA) is 34.1 Å². The second kappa shape index (κ2) is 8.83. The fourth-order valence-electron chi connectivity index (χ4n) is 3.92. The first-order valence-electron chi connectivity index (χ1n) is 9.09. The van der Waals surface area contributed by atoms with E-state index in [0.29, 0.717) is 0 Å². The molecule has 0 unspecified atom stereocenters. The summed E-state index contributed by atoms with van der Waals surface area (Å²) in [6.45, 7) is 0. The summed E-state index contributed by atoms with van der Waals surface area (Å²) in [5.41, 5.74) is 4.84. The highest BCUT2D eigenvalue weighted by Gasteiger charge is 2.20.